The van der Waals surface area contributed by atoms with E-state index in [0.29, 0.717) is 11.3 Å². The highest BCUT2D eigenvalue weighted by molar-refractivity contribution is 9.10. The molecule has 0 radical (unpaired) electrons. The number of nitrogens with one attached hydrogen (secondary N) is 1. The summed E-state index contributed by atoms with van der Waals surface area (Å²) in [7, 11) is 0. The van der Waals surface area contributed by atoms with Gasteiger partial charge in [-0.2, -0.15) is 0 Å². The first-order valence-electron chi connectivity index (χ1n) is 5.53. The normalized spacial score (nSPS) is 15.9. The van der Waals surface area contributed by atoms with Gasteiger partial charge in [-0.3, -0.25) is 4.79 Å². The zero-order valence-electron chi connectivity index (χ0n) is 9.66. The number of amides is 1. The van der Waals surface area contributed by atoms with Gasteiger partial charge in [-0.15, -0.1) is 0 Å². The van der Waals surface area contributed by atoms with Crippen LogP contribution in [0.5, 0.6) is 0 Å². The quantitative estimate of drug-likeness (QED) is 0.813. The molecule has 1 aliphatic heterocycles. The Labute approximate surface area is 113 Å². The summed E-state index contributed by atoms with van der Waals surface area (Å²) < 4.78 is 6.41. The molecule has 18 heavy (non-hydrogen) atoms. The zero-order chi connectivity index (χ0) is 12.7. The van der Waals surface area contributed by atoms with Gasteiger partial charge in [0.1, 0.15) is 11.5 Å². The lowest BCUT2D eigenvalue weighted by Gasteiger charge is -1.98. The highest BCUT2D eigenvalue weighted by atomic mass is 79.9. The zero-order valence-corrected chi connectivity index (χ0v) is 11.2. The van der Waals surface area contributed by atoms with E-state index in [9.17, 15) is 4.79 Å². The second-order valence-electron chi connectivity index (χ2n) is 4.15. The number of fused-ring (bicyclic) bond motifs is 1. The first kappa shape index (κ1) is 11.3. The van der Waals surface area contributed by atoms with Gasteiger partial charge in [-0.05, 0) is 43.3 Å². The molecular formula is C14H10BrNO2. The van der Waals surface area contributed by atoms with Crippen molar-refractivity contribution in [3.63, 3.8) is 0 Å². The molecule has 3 rings (SSSR count). The maximum Gasteiger partial charge on any atom is 0.256 e. The van der Waals surface area contributed by atoms with Crippen molar-refractivity contribution in [2.75, 3.05) is 5.32 Å². The Morgan fingerprint density at radius 3 is 2.83 bits per heavy atom. The third-order valence-corrected chi connectivity index (χ3v) is 3.31. The summed E-state index contributed by atoms with van der Waals surface area (Å²) >= 11 is 3.41. The molecule has 1 N–H and O–H groups in total. The molecule has 0 unspecified atom stereocenters. The summed E-state index contributed by atoms with van der Waals surface area (Å²) in [5.41, 5.74) is 2.35. The van der Waals surface area contributed by atoms with Crippen molar-refractivity contribution in [3.05, 3.63) is 51.9 Å². The Morgan fingerprint density at radius 1 is 1.28 bits per heavy atom. The van der Waals surface area contributed by atoms with Crippen molar-refractivity contribution in [1.82, 2.24) is 0 Å². The fraction of sp³-hybridized carbons (Fsp3) is 0.0714. The molecule has 0 saturated carbocycles. The number of rotatable bonds is 1. The SMILES string of the molecule is Cc1ccc(/C=C2/C(=O)Nc3ccc(Br)cc32)o1. The molecule has 3 nitrogen and oxygen atoms in total. The van der Waals surface area contributed by atoms with Crippen molar-refractivity contribution < 1.29 is 9.21 Å². The van der Waals surface area contributed by atoms with Gasteiger partial charge < -0.3 is 9.73 Å². The van der Waals surface area contributed by atoms with Crippen LogP contribution in [0.1, 0.15) is 17.1 Å². The number of halogens is 1. The molecule has 4 heteroatoms. The van der Waals surface area contributed by atoms with Gasteiger partial charge in [0.25, 0.3) is 5.91 Å². The average Bonchev–Trinajstić information content (AvgIpc) is 2.86. The lowest BCUT2D eigenvalue weighted by molar-refractivity contribution is -0.110. The Kier molecular flexibility index (Phi) is 2.59. The van der Waals surface area contributed by atoms with Crippen LogP contribution in [0.2, 0.25) is 0 Å². The van der Waals surface area contributed by atoms with Gasteiger partial charge in [0.2, 0.25) is 0 Å². The molecule has 0 aliphatic carbocycles. The average molecular weight is 304 g/mol. The number of furan rings is 1. The number of aryl methyl sites for hydroxylation is 1. The molecule has 2 aromatic rings. The Morgan fingerprint density at radius 2 is 2.11 bits per heavy atom. The third-order valence-electron chi connectivity index (χ3n) is 2.81. The monoisotopic (exact) mass is 303 g/mol. The number of carbonyl (C=O) groups excluding carboxylic acids is 1. The molecule has 1 aromatic heterocycles. The highest BCUT2D eigenvalue weighted by Gasteiger charge is 2.24. The fourth-order valence-corrected chi connectivity index (χ4v) is 2.34. The molecule has 0 fully saturated rings. The number of hydrogen-bond acceptors (Lipinski definition) is 2. The van der Waals surface area contributed by atoms with Crippen LogP contribution in [0.3, 0.4) is 0 Å². The van der Waals surface area contributed by atoms with Crippen LogP contribution in [0.4, 0.5) is 5.69 Å². The number of hydrogen-bond donors (Lipinski definition) is 1. The van der Waals surface area contributed by atoms with E-state index in [0.717, 1.165) is 21.5 Å². The van der Waals surface area contributed by atoms with Gasteiger partial charge in [0.15, 0.2) is 0 Å². The molecule has 0 saturated heterocycles. The number of carbonyl (C=O) groups is 1. The first-order valence-corrected chi connectivity index (χ1v) is 6.32. The smallest absolute Gasteiger partial charge is 0.256 e. The summed E-state index contributed by atoms with van der Waals surface area (Å²) in [5, 5.41) is 2.83. The molecule has 0 bridgehead atoms. The second kappa shape index (κ2) is 4.14. The molecule has 1 aromatic carbocycles. The highest BCUT2D eigenvalue weighted by Crippen LogP contribution is 2.35. The maximum atomic E-state index is 11.9. The number of benzene rings is 1. The van der Waals surface area contributed by atoms with E-state index >= 15 is 0 Å². The van der Waals surface area contributed by atoms with Gasteiger partial charge in [0, 0.05) is 15.7 Å². The first-order chi connectivity index (χ1) is 8.63. The lowest BCUT2D eigenvalue weighted by atomic mass is 10.1. The summed E-state index contributed by atoms with van der Waals surface area (Å²) in [6.45, 7) is 1.88. The summed E-state index contributed by atoms with van der Waals surface area (Å²) in [4.78, 5) is 11.9. The summed E-state index contributed by atoms with van der Waals surface area (Å²) in [6.07, 6.45) is 1.76. The van der Waals surface area contributed by atoms with Crippen molar-refractivity contribution >= 4 is 39.2 Å². The Hall–Kier alpha value is -1.81. The fourth-order valence-electron chi connectivity index (χ4n) is 1.98. The van der Waals surface area contributed by atoms with E-state index < -0.39 is 0 Å². The summed E-state index contributed by atoms with van der Waals surface area (Å²) in [6, 6.07) is 9.44. The van der Waals surface area contributed by atoms with Crippen LogP contribution >= 0.6 is 15.9 Å². The van der Waals surface area contributed by atoms with Crippen LogP contribution in [0.25, 0.3) is 11.6 Å². The van der Waals surface area contributed by atoms with Crippen molar-refractivity contribution in [2.45, 2.75) is 6.92 Å². The van der Waals surface area contributed by atoms with E-state index in [-0.39, 0.29) is 5.91 Å². The largest absolute Gasteiger partial charge is 0.462 e. The van der Waals surface area contributed by atoms with E-state index in [2.05, 4.69) is 21.2 Å². The third kappa shape index (κ3) is 1.88. The Balaban J connectivity index is 2.11. The van der Waals surface area contributed by atoms with Gasteiger partial charge in [-0.25, -0.2) is 0 Å². The minimum atomic E-state index is -0.0999. The van der Waals surface area contributed by atoms with Crippen LogP contribution < -0.4 is 5.32 Å². The second-order valence-corrected chi connectivity index (χ2v) is 5.07. The molecule has 1 aliphatic rings. The van der Waals surface area contributed by atoms with E-state index in [1.807, 2.05) is 37.3 Å². The lowest BCUT2D eigenvalue weighted by Crippen LogP contribution is -2.03. The van der Waals surface area contributed by atoms with Crippen LogP contribution in [-0.4, -0.2) is 5.91 Å². The Bertz CT molecular complexity index is 670. The predicted molar refractivity (Wildman–Crippen MR) is 74.1 cm³/mol. The minimum Gasteiger partial charge on any atom is -0.462 e. The van der Waals surface area contributed by atoms with E-state index in [1.54, 1.807) is 6.08 Å². The molecular weight excluding hydrogens is 294 g/mol. The van der Waals surface area contributed by atoms with E-state index in [1.165, 1.54) is 0 Å². The van der Waals surface area contributed by atoms with Gasteiger partial charge in [0.05, 0.1) is 5.57 Å². The molecule has 2 heterocycles. The molecule has 0 atom stereocenters. The predicted octanol–water partition coefficient (Wildman–Crippen LogP) is 3.84. The topological polar surface area (TPSA) is 42.2 Å². The van der Waals surface area contributed by atoms with Crippen LogP contribution in [0.15, 0.2) is 39.2 Å². The van der Waals surface area contributed by atoms with Crippen molar-refractivity contribution in [1.29, 1.82) is 0 Å². The van der Waals surface area contributed by atoms with E-state index in [4.69, 9.17) is 4.42 Å². The van der Waals surface area contributed by atoms with Crippen molar-refractivity contribution in [2.24, 2.45) is 0 Å². The van der Waals surface area contributed by atoms with Crippen molar-refractivity contribution in [3.8, 4) is 0 Å². The van der Waals surface area contributed by atoms with Gasteiger partial charge >= 0.3 is 0 Å². The minimum absolute atomic E-state index is 0.0999. The molecule has 1 amide bonds. The standard InChI is InChI=1S/C14H10BrNO2/c1-8-2-4-10(18-8)7-12-11-6-9(15)3-5-13(11)16-14(12)17/h2-7H,1H3,(H,16,17)/b12-7+. The maximum absolute atomic E-state index is 11.9. The van der Waals surface area contributed by atoms with Crippen LogP contribution in [-0.2, 0) is 4.79 Å². The summed E-state index contributed by atoms with van der Waals surface area (Å²) in [5.74, 6) is 1.41. The number of anilines is 1. The van der Waals surface area contributed by atoms with Gasteiger partial charge in [-0.1, -0.05) is 15.9 Å². The van der Waals surface area contributed by atoms with Crippen LogP contribution in [0, 0.1) is 6.92 Å². The molecule has 90 valence electrons. The molecule has 0 spiro atoms.